The molecule has 1 saturated carbocycles. The van der Waals surface area contributed by atoms with Crippen molar-refractivity contribution in [1.82, 2.24) is 10.6 Å². The zero-order chi connectivity index (χ0) is 12.1. The molecular formula is C14H26N2O. The summed E-state index contributed by atoms with van der Waals surface area (Å²) in [4.78, 5) is 11.9. The fourth-order valence-corrected chi connectivity index (χ4v) is 3.07. The Morgan fingerprint density at radius 2 is 2.00 bits per heavy atom. The maximum absolute atomic E-state index is 11.9. The molecule has 0 bridgehead atoms. The Kier molecular flexibility index (Phi) is 4.84. The van der Waals surface area contributed by atoms with E-state index in [4.69, 9.17) is 0 Å². The largest absolute Gasteiger partial charge is 0.356 e. The fourth-order valence-electron chi connectivity index (χ4n) is 3.07. The van der Waals surface area contributed by atoms with Crippen molar-refractivity contribution in [3.05, 3.63) is 0 Å². The molecule has 0 aromatic heterocycles. The van der Waals surface area contributed by atoms with E-state index in [1.165, 1.54) is 32.1 Å². The maximum Gasteiger partial charge on any atom is 0.224 e. The highest BCUT2D eigenvalue weighted by molar-refractivity contribution is 5.78. The van der Waals surface area contributed by atoms with Crippen LogP contribution in [0.25, 0.3) is 0 Å². The number of carbonyl (C=O) groups excluding carboxylic acids is 1. The second kappa shape index (κ2) is 6.39. The average molecular weight is 238 g/mol. The maximum atomic E-state index is 11.9. The summed E-state index contributed by atoms with van der Waals surface area (Å²) in [5.41, 5.74) is 0. The standard InChI is InChI=1S/C14H26N2O/c1-11-6-7-13(10-16-11)14(17)15-9-8-12-4-2-3-5-12/h11-13,16H,2-10H2,1H3,(H,15,17). The summed E-state index contributed by atoms with van der Waals surface area (Å²) in [5.74, 6) is 1.34. The van der Waals surface area contributed by atoms with Gasteiger partial charge in [0.1, 0.15) is 0 Å². The van der Waals surface area contributed by atoms with Crippen LogP contribution in [0, 0.1) is 11.8 Å². The highest BCUT2D eigenvalue weighted by atomic mass is 16.1. The van der Waals surface area contributed by atoms with Gasteiger partial charge in [0.05, 0.1) is 5.92 Å². The van der Waals surface area contributed by atoms with Crippen molar-refractivity contribution in [3.63, 3.8) is 0 Å². The van der Waals surface area contributed by atoms with Crippen molar-refractivity contribution in [1.29, 1.82) is 0 Å². The van der Waals surface area contributed by atoms with Gasteiger partial charge in [-0.3, -0.25) is 4.79 Å². The van der Waals surface area contributed by atoms with Crippen molar-refractivity contribution in [2.75, 3.05) is 13.1 Å². The highest BCUT2D eigenvalue weighted by Crippen LogP contribution is 2.26. The molecule has 2 fully saturated rings. The second-order valence-electron chi connectivity index (χ2n) is 5.81. The molecule has 1 aliphatic carbocycles. The lowest BCUT2D eigenvalue weighted by atomic mass is 9.94. The van der Waals surface area contributed by atoms with Crippen LogP contribution in [0.1, 0.15) is 51.9 Å². The first-order valence-corrected chi connectivity index (χ1v) is 7.27. The molecule has 2 rings (SSSR count). The van der Waals surface area contributed by atoms with Gasteiger partial charge >= 0.3 is 0 Å². The van der Waals surface area contributed by atoms with Crippen LogP contribution in [0.4, 0.5) is 0 Å². The zero-order valence-electron chi connectivity index (χ0n) is 11.0. The lowest BCUT2D eigenvalue weighted by molar-refractivity contribution is -0.125. The Bertz CT molecular complexity index is 241. The number of hydrogen-bond donors (Lipinski definition) is 2. The van der Waals surface area contributed by atoms with Gasteiger partial charge in [-0.15, -0.1) is 0 Å². The van der Waals surface area contributed by atoms with Gasteiger partial charge in [-0.05, 0) is 32.1 Å². The summed E-state index contributed by atoms with van der Waals surface area (Å²) in [6, 6.07) is 0.581. The Labute approximate surface area is 105 Å². The first-order valence-electron chi connectivity index (χ1n) is 7.27. The summed E-state index contributed by atoms with van der Waals surface area (Å²) in [5, 5.41) is 6.50. The lowest BCUT2D eigenvalue weighted by Gasteiger charge is -2.26. The first-order chi connectivity index (χ1) is 8.25. The molecule has 98 valence electrons. The molecule has 17 heavy (non-hydrogen) atoms. The van der Waals surface area contributed by atoms with Gasteiger partial charge in [0.2, 0.25) is 5.91 Å². The molecule has 0 aromatic carbocycles. The SMILES string of the molecule is CC1CCC(C(=O)NCCC2CCCC2)CN1. The summed E-state index contributed by atoms with van der Waals surface area (Å²) in [7, 11) is 0. The molecular weight excluding hydrogens is 212 g/mol. The summed E-state index contributed by atoms with van der Waals surface area (Å²) >= 11 is 0. The molecule has 1 heterocycles. The fraction of sp³-hybridized carbons (Fsp3) is 0.929. The van der Waals surface area contributed by atoms with E-state index in [0.29, 0.717) is 6.04 Å². The van der Waals surface area contributed by atoms with Crippen LogP contribution in [0.5, 0.6) is 0 Å². The van der Waals surface area contributed by atoms with E-state index in [1.807, 2.05) is 0 Å². The van der Waals surface area contributed by atoms with Crippen molar-refractivity contribution >= 4 is 5.91 Å². The molecule has 0 radical (unpaired) electrons. The lowest BCUT2D eigenvalue weighted by Crippen LogP contribution is -2.44. The van der Waals surface area contributed by atoms with E-state index < -0.39 is 0 Å². The van der Waals surface area contributed by atoms with Crippen LogP contribution in [0.2, 0.25) is 0 Å². The Morgan fingerprint density at radius 3 is 2.65 bits per heavy atom. The van der Waals surface area contributed by atoms with E-state index in [0.717, 1.165) is 31.8 Å². The van der Waals surface area contributed by atoms with Gasteiger partial charge in [0.15, 0.2) is 0 Å². The summed E-state index contributed by atoms with van der Waals surface area (Å²) in [6.45, 7) is 3.93. The predicted octanol–water partition coefficient (Wildman–Crippen LogP) is 2.07. The van der Waals surface area contributed by atoms with E-state index in [1.54, 1.807) is 0 Å². The second-order valence-corrected chi connectivity index (χ2v) is 5.81. The average Bonchev–Trinajstić information content (AvgIpc) is 2.83. The van der Waals surface area contributed by atoms with Crippen LogP contribution in [-0.2, 0) is 4.79 Å². The number of carbonyl (C=O) groups is 1. The van der Waals surface area contributed by atoms with Gasteiger partial charge in [-0.1, -0.05) is 25.7 Å². The molecule has 1 saturated heterocycles. The monoisotopic (exact) mass is 238 g/mol. The van der Waals surface area contributed by atoms with E-state index in [-0.39, 0.29) is 11.8 Å². The molecule has 3 heteroatoms. The minimum atomic E-state index is 0.203. The van der Waals surface area contributed by atoms with Crippen LogP contribution in [-0.4, -0.2) is 25.0 Å². The first kappa shape index (κ1) is 12.9. The van der Waals surface area contributed by atoms with Crippen molar-refractivity contribution < 1.29 is 4.79 Å². The zero-order valence-corrected chi connectivity index (χ0v) is 11.0. The highest BCUT2D eigenvalue weighted by Gasteiger charge is 2.23. The van der Waals surface area contributed by atoms with Gasteiger partial charge in [-0.25, -0.2) is 0 Å². The van der Waals surface area contributed by atoms with Gasteiger partial charge in [0, 0.05) is 19.1 Å². The van der Waals surface area contributed by atoms with Crippen LogP contribution in [0.3, 0.4) is 0 Å². The summed E-state index contributed by atoms with van der Waals surface area (Å²) in [6.07, 6.45) is 8.88. The molecule has 2 aliphatic rings. The minimum Gasteiger partial charge on any atom is -0.356 e. The molecule has 2 N–H and O–H groups in total. The van der Waals surface area contributed by atoms with E-state index in [2.05, 4.69) is 17.6 Å². The van der Waals surface area contributed by atoms with Crippen molar-refractivity contribution in [3.8, 4) is 0 Å². The molecule has 0 aromatic rings. The predicted molar refractivity (Wildman–Crippen MR) is 69.8 cm³/mol. The third-order valence-electron chi connectivity index (χ3n) is 4.36. The Morgan fingerprint density at radius 1 is 1.24 bits per heavy atom. The van der Waals surface area contributed by atoms with Gasteiger partial charge in [0.25, 0.3) is 0 Å². The van der Waals surface area contributed by atoms with Gasteiger partial charge in [-0.2, -0.15) is 0 Å². The third-order valence-corrected chi connectivity index (χ3v) is 4.36. The van der Waals surface area contributed by atoms with E-state index >= 15 is 0 Å². The third kappa shape index (κ3) is 3.98. The normalized spacial score (nSPS) is 30.4. The summed E-state index contributed by atoms with van der Waals surface area (Å²) < 4.78 is 0. The molecule has 0 spiro atoms. The number of piperidine rings is 1. The molecule has 3 nitrogen and oxygen atoms in total. The van der Waals surface area contributed by atoms with Crippen molar-refractivity contribution in [2.24, 2.45) is 11.8 Å². The quantitative estimate of drug-likeness (QED) is 0.787. The molecule has 1 amide bonds. The van der Waals surface area contributed by atoms with Crippen molar-refractivity contribution in [2.45, 2.75) is 57.9 Å². The van der Waals surface area contributed by atoms with Crippen LogP contribution in [0.15, 0.2) is 0 Å². The molecule has 1 aliphatic heterocycles. The van der Waals surface area contributed by atoms with Gasteiger partial charge < -0.3 is 10.6 Å². The number of amides is 1. The minimum absolute atomic E-state index is 0.203. The smallest absolute Gasteiger partial charge is 0.224 e. The number of nitrogens with one attached hydrogen (secondary N) is 2. The number of rotatable bonds is 4. The topological polar surface area (TPSA) is 41.1 Å². The van der Waals surface area contributed by atoms with E-state index in [9.17, 15) is 4.79 Å². The molecule has 2 unspecified atom stereocenters. The van der Waals surface area contributed by atoms with Crippen LogP contribution < -0.4 is 10.6 Å². The number of hydrogen-bond acceptors (Lipinski definition) is 2. The Balaban J connectivity index is 1.60. The van der Waals surface area contributed by atoms with Crippen LogP contribution >= 0.6 is 0 Å². The Hall–Kier alpha value is -0.570. The molecule has 2 atom stereocenters.